The zero-order valence-electron chi connectivity index (χ0n) is 12.9. The van der Waals surface area contributed by atoms with Gasteiger partial charge >= 0.3 is 0 Å². The molecule has 0 spiro atoms. The van der Waals surface area contributed by atoms with Crippen molar-refractivity contribution >= 4 is 5.91 Å². The highest BCUT2D eigenvalue weighted by molar-refractivity contribution is 5.75. The third-order valence-corrected chi connectivity index (χ3v) is 4.18. The molecule has 22 heavy (non-hydrogen) atoms. The summed E-state index contributed by atoms with van der Waals surface area (Å²) in [5.74, 6) is 2.92. The Hall–Kier alpha value is -2.30. The molecule has 1 aliphatic rings. The van der Waals surface area contributed by atoms with Crippen molar-refractivity contribution in [3.8, 4) is 0 Å². The van der Waals surface area contributed by atoms with Crippen LogP contribution in [0.25, 0.3) is 0 Å². The van der Waals surface area contributed by atoms with E-state index in [1.807, 2.05) is 12.1 Å². The van der Waals surface area contributed by atoms with Gasteiger partial charge in [-0.2, -0.15) is 0 Å². The van der Waals surface area contributed by atoms with E-state index in [2.05, 4.69) is 6.92 Å². The fourth-order valence-electron chi connectivity index (χ4n) is 2.58. The molecule has 0 bridgehead atoms. The Bertz CT molecular complexity index is 731. The van der Waals surface area contributed by atoms with Gasteiger partial charge in [-0.15, -0.1) is 0 Å². The van der Waals surface area contributed by atoms with Crippen LogP contribution in [0.3, 0.4) is 0 Å². The van der Waals surface area contributed by atoms with Crippen LogP contribution in [0.4, 0.5) is 0 Å². The maximum atomic E-state index is 12.2. The van der Waals surface area contributed by atoms with E-state index in [4.69, 9.17) is 4.42 Å². The van der Waals surface area contributed by atoms with E-state index in [1.165, 1.54) is 17.1 Å². The maximum Gasteiger partial charge on any atom is 0.250 e. The second-order valence-corrected chi connectivity index (χ2v) is 6.04. The highest BCUT2D eigenvalue weighted by Crippen LogP contribution is 2.47. The summed E-state index contributed by atoms with van der Waals surface area (Å²) in [5, 5.41) is 0. The number of aromatic nitrogens is 1. The number of hydrogen-bond acceptors (Lipinski definition) is 3. The number of carbonyl (C=O) groups is 1. The van der Waals surface area contributed by atoms with Crippen LogP contribution in [0.15, 0.2) is 45.7 Å². The van der Waals surface area contributed by atoms with Gasteiger partial charge in [0, 0.05) is 25.2 Å². The number of amides is 1. The van der Waals surface area contributed by atoms with Gasteiger partial charge in [0.1, 0.15) is 18.1 Å². The van der Waals surface area contributed by atoms with E-state index in [-0.39, 0.29) is 18.0 Å². The van der Waals surface area contributed by atoms with Crippen molar-refractivity contribution in [2.45, 2.75) is 32.4 Å². The Morgan fingerprint density at radius 1 is 1.36 bits per heavy atom. The second kappa shape index (κ2) is 5.83. The van der Waals surface area contributed by atoms with Crippen LogP contribution in [0, 0.1) is 5.92 Å². The predicted molar refractivity (Wildman–Crippen MR) is 82.4 cm³/mol. The Balaban J connectivity index is 1.60. The van der Waals surface area contributed by atoms with Crippen LogP contribution in [0.5, 0.6) is 0 Å². The Labute approximate surface area is 129 Å². The van der Waals surface area contributed by atoms with Gasteiger partial charge in [0.25, 0.3) is 5.56 Å². The van der Waals surface area contributed by atoms with Crippen molar-refractivity contribution in [1.82, 2.24) is 9.47 Å². The molecule has 5 heteroatoms. The minimum absolute atomic E-state index is 0.0450. The average Bonchev–Trinajstić information content (AvgIpc) is 3.04. The molecule has 3 rings (SSSR count). The maximum absolute atomic E-state index is 12.2. The molecule has 116 valence electrons. The van der Waals surface area contributed by atoms with Crippen LogP contribution < -0.4 is 5.56 Å². The van der Waals surface area contributed by atoms with Gasteiger partial charge in [-0.25, -0.2) is 0 Å². The first-order valence-electron chi connectivity index (χ1n) is 7.52. The van der Waals surface area contributed by atoms with Gasteiger partial charge in [-0.05, 0) is 30.5 Å². The van der Waals surface area contributed by atoms with E-state index in [0.29, 0.717) is 18.4 Å². The second-order valence-electron chi connectivity index (χ2n) is 6.04. The number of nitrogens with zero attached hydrogens (tertiary/aromatic N) is 2. The molecule has 1 amide bonds. The highest BCUT2D eigenvalue weighted by Gasteiger charge is 2.36. The van der Waals surface area contributed by atoms with Gasteiger partial charge < -0.3 is 13.9 Å². The minimum atomic E-state index is -0.174. The van der Waals surface area contributed by atoms with Crippen LogP contribution in [-0.4, -0.2) is 22.4 Å². The number of furan rings is 1. The van der Waals surface area contributed by atoms with Crippen molar-refractivity contribution in [2.75, 3.05) is 7.05 Å². The van der Waals surface area contributed by atoms with E-state index in [1.54, 1.807) is 30.3 Å². The van der Waals surface area contributed by atoms with Gasteiger partial charge in [0.15, 0.2) is 0 Å². The van der Waals surface area contributed by atoms with Crippen molar-refractivity contribution in [3.63, 3.8) is 0 Å². The van der Waals surface area contributed by atoms with E-state index in [9.17, 15) is 9.59 Å². The van der Waals surface area contributed by atoms with Crippen molar-refractivity contribution in [3.05, 3.63) is 58.4 Å². The zero-order valence-corrected chi connectivity index (χ0v) is 12.9. The van der Waals surface area contributed by atoms with E-state index in [0.717, 1.165) is 11.5 Å². The summed E-state index contributed by atoms with van der Waals surface area (Å²) in [6.07, 6.45) is 2.80. The van der Waals surface area contributed by atoms with Gasteiger partial charge in [-0.3, -0.25) is 9.59 Å². The Morgan fingerprint density at radius 3 is 2.82 bits per heavy atom. The van der Waals surface area contributed by atoms with Crippen LogP contribution in [0.2, 0.25) is 0 Å². The van der Waals surface area contributed by atoms with Crippen LogP contribution in [0.1, 0.15) is 30.8 Å². The monoisotopic (exact) mass is 300 g/mol. The zero-order chi connectivity index (χ0) is 15.7. The molecule has 0 aromatic carbocycles. The summed E-state index contributed by atoms with van der Waals surface area (Å²) in [6, 6.07) is 8.78. The van der Waals surface area contributed by atoms with Crippen molar-refractivity contribution in [1.29, 1.82) is 0 Å². The van der Waals surface area contributed by atoms with E-state index < -0.39 is 0 Å². The number of carbonyl (C=O) groups excluding carboxylic acids is 1. The summed E-state index contributed by atoms with van der Waals surface area (Å²) >= 11 is 0. The summed E-state index contributed by atoms with van der Waals surface area (Å²) in [6.45, 7) is 2.67. The highest BCUT2D eigenvalue weighted by atomic mass is 16.3. The van der Waals surface area contributed by atoms with Crippen molar-refractivity contribution < 1.29 is 9.21 Å². The Kier molecular flexibility index (Phi) is 3.88. The number of rotatable bonds is 5. The first-order chi connectivity index (χ1) is 10.5. The van der Waals surface area contributed by atoms with E-state index >= 15 is 0 Å². The third kappa shape index (κ3) is 3.13. The average molecular weight is 300 g/mol. The predicted octanol–water partition coefficient (Wildman–Crippen LogP) is 2.22. The largest absolute Gasteiger partial charge is 0.464 e. The lowest BCUT2D eigenvalue weighted by Crippen LogP contribution is -2.33. The van der Waals surface area contributed by atoms with Gasteiger partial charge in [-0.1, -0.05) is 13.0 Å². The quantitative estimate of drug-likeness (QED) is 0.851. The summed E-state index contributed by atoms with van der Waals surface area (Å²) in [4.78, 5) is 25.4. The first kappa shape index (κ1) is 14.6. The number of likely N-dealkylation sites (N-methyl/N-ethyl adjacent to an activating group) is 1. The van der Waals surface area contributed by atoms with Gasteiger partial charge in [0.05, 0.1) is 6.54 Å². The molecule has 5 nitrogen and oxygen atoms in total. The molecule has 1 fully saturated rings. The van der Waals surface area contributed by atoms with Crippen molar-refractivity contribution in [2.24, 2.45) is 5.92 Å². The lowest BCUT2D eigenvalue weighted by atomic mass is 10.3. The van der Waals surface area contributed by atoms with Gasteiger partial charge in [0.2, 0.25) is 5.91 Å². The summed E-state index contributed by atoms with van der Waals surface area (Å²) in [5.41, 5.74) is -0.174. The fraction of sp³-hybridized carbons (Fsp3) is 0.412. The molecule has 2 atom stereocenters. The lowest BCUT2D eigenvalue weighted by Gasteiger charge is -2.16. The summed E-state index contributed by atoms with van der Waals surface area (Å²) in [7, 11) is 1.72. The molecule has 0 aliphatic heterocycles. The Morgan fingerprint density at radius 2 is 2.14 bits per heavy atom. The third-order valence-electron chi connectivity index (χ3n) is 4.18. The first-order valence-corrected chi connectivity index (χ1v) is 7.52. The minimum Gasteiger partial charge on any atom is -0.464 e. The number of hydrogen-bond donors (Lipinski definition) is 0. The smallest absolute Gasteiger partial charge is 0.250 e. The lowest BCUT2D eigenvalue weighted by molar-refractivity contribution is -0.131. The molecular weight excluding hydrogens is 280 g/mol. The molecule has 0 saturated heterocycles. The molecular formula is C17H20N2O3. The molecule has 0 N–H and O–H groups in total. The standard InChI is InChI=1S/C17H20N2O3/c1-12-9-14(12)15-7-6-13(22-15)10-18(2)17(21)11-19-8-4-3-5-16(19)20/h3-8,12,14H,9-11H2,1-2H3/t12-,14-/m1/s1. The molecule has 0 unspecified atom stereocenters. The molecule has 0 radical (unpaired) electrons. The molecule has 1 saturated carbocycles. The summed E-state index contributed by atoms with van der Waals surface area (Å²) < 4.78 is 7.21. The topological polar surface area (TPSA) is 55.5 Å². The normalized spacial score (nSPS) is 19.9. The SMILES string of the molecule is C[C@@H]1C[C@H]1c1ccc(CN(C)C(=O)Cn2ccccc2=O)o1. The van der Waals surface area contributed by atoms with Crippen LogP contribution in [-0.2, 0) is 17.9 Å². The molecule has 1 aliphatic carbocycles. The molecule has 2 heterocycles. The molecule has 2 aromatic heterocycles. The fourth-order valence-corrected chi connectivity index (χ4v) is 2.58. The molecule has 2 aromatic rings. The van der Waals surface area contributed by atoms with Crippen LogP contribution >= 0.6 is 0 Å². The number of pyridine rings is 1.